The van der Waals surface area contributed by atoms with Crippen molar-refractivity contribution >= 4 is 11.7 Å². The maximum absolute atomic E-state index is 11.5. The van der Waals surface area contributed by atoms with Gasteiger partial charge in [-0.15, -0.1) is 0 Å². The minimum absolute atomic E-state index is 0.109. The molecule has 0 radical (unpaired) electrons. The molecule has 2 heterocycles. The molecule has 0 saturated heterocycles. The Kier molecular flexibility index (Phi) is 3.57. The molecule has 18 heavy (non-hydrogen) atoms. The van der Waals surface area contributed by atoms with Gasteiger partial charge in [0.25, 0.3) is 0 Å². The summed E-state index contributed by atoms with van der Waals surface area (Å²) >= 11 is 0. The maximum atomic E-state index is 11.5. The fraction of sp³-hybridized carbons (Fsp3) is 0.250. The molecule has 0 amide bonds. The molecule has 0 spiro atoms. The molecule has 0 atom stereocenters. The number of aromatic nitrogens is 3. The fourth-order valence-corrected chi connectivity index (χ4v) is 1.64. The van der Waals surface area contributed by atoms with Crippen molar-refractivity contribution in [2.75, 3.05) is 12.3 Å². The quantitative estimate of drug-likeness (QED) is 0.816. The molecule has 0 unspecified atom stereocenters. The van der Waals surface area contributed by atoms with Gasteiger partial charge in [0, 0.05) is 23.6 Å². The molecule has 2 aromatic rings. The number of ether oxygens (including phenoxy) is 1. The molecule has 0 fully saturated rings. The van der Waals surface area contributed by atoms with Crippen molar-refractivity contribution in [1.29, 1.82) is 0 Å². The summed E-state index contributed by atoms with van der Waals surface area (Å²) in [5.41, 5.74) is 7.96. The topological polar surface area (TPSA) is 83.0 Å². The molecule has 0 aromatic carbocycles. The van der Waals surface area contributed by atoms with E-state index in [0.29, 0.717) is 12.3 Å². The first-order valence-electron chi connectivity index (χ1n) is 5.58. The number of hydrogen-bond donors (Lipinski definition) is 1. The number of carbonyl (C=O) groups is 1. The molecule has 0 aliphatic rings. The zero-order chi connectivity index (χ0) is 13.0. The molecular weight excluding hydrogens is 232 g/mol. The molecule has 0 aliphatic heterocycles. The van der Waals surface area contributed by atoms with Crippen molar-refractivity contribution in [1.82, 2.24) is 14.5 Å². The number of rotatable bonds is 4. The van der Waals surface area contributed by atoms with E-state index in [1.165, 1.54) is 0 Å². The van der Waals surface area contributed by atoms with Gasteiger partial charge < -0.3 is 15.0 Å². The highest BCUT2D eigenvalue weighted by Crippen LogP contribution is 2.23. The van der Waals surface area contributed by atoms with Crippen LogP contribution in [0, 0.1) is 0 Å². The number of esters is 1. The van der Waals surface area contributed by atoms with Crippen molar-refractivity contribution in [2.45, 2.75) is 13.5 Å². The first-order chi connectivity index (χ1) is 8.72. The monoisotopic (exact) mass is 246 g/mol. The van der Waals surface area contributed by atoms with E-state index in [0.717, 1.165) is 11.3 Å². The molecule has 2 N–H and O–H groups in total. The number of carbonyl (C=O) groups excluding carboxylic acids is 1. The molecule has 94 valence electrons. The predicted molar refractivity (Wildman–Crippen MR) is 66.5 cm³/mol. The van der Waals surface area contributed by atoms with Crippen LogP contribution in [0.1, 0.15) is 6.92 Å². The maximum Gasteiger partial charge on any atom is 0.325 e. The van der Waals surface area contributed by atoms with Crippen LogP contribution in [0.2, 0.25) is 0 Å². The smallest absolute Gasteiger partial charge is 0.325 e. The second-order valence-electron chi connectivity index (χ2n) is 3.67. The third kappa shape index (κ3) is 2.48. The van der Waals surface area contributed by atoms with Crippen molar-refractivity contribution in [3.8, 4) is 11.3 Å². The first kappa shape index (κ1) is 12.1. The highest BCUT2D eigenvalue weighted by molar-refractivity contribution is 5.75. The summed E-state index contributed by atoms with van der Waals surface area (Å²) in [6.07, 6.45) is 6.48. The number of imidazole rings is 1. The Bertz CT molecular complexity index is 551. The van der Waals surface area contributed by atoms with E-state index in [-0.39, 0.29) is 12.5 Å². The first-order valence-corrected chi connectivity index (χ1v) is 5.58. The Morgan fingerprint density at radius 2 is 2.28 bits per heavy atom. The van der Waals surface area contributed by atoms with Crippen LogP contribution in [0.15, 0.2) is 31.0 Å². The summed E-state index contributed by atoms with van der Waals surface area (Å²) < 4.78 is 6.59. The van der Waals surface area contributed by atoms with Gasteiger partial charge in [-0.25, -0.2) is 4.98 Å². The molecule has 6 nitrogen and oxygen atoms in total. The zero-order valence-electron chi connectivity index (χ0n) is 10.0. The third-order valence-corrected chi connectivity index (χ3v) is 2.45. The van der Waals surface area contributed by atoms with Crippen LogP contribution in [0.3, 0.4) is 0 Å². The van der Waals surface area contributed by atoms with Gasteiger partial charge in [0.15, 0.2) is 0 Å². The molecule has 2 rings (SSSR count). The van der Waals surface area contributed by atoms with Crippen LogP contribution in [-0.4, -0.2) is 27.1 Å². The number of nitrogens with two attached hydrogens (primary N) is 1. The second kappa shape index (κ2) is 5.31. The Morgan fingerprint density at radius 3 is 3.00 bits per heavy atom. The van der Waals surface area contributed by atoms with Crippen LogP contribution in [0.4, 0.5) is 5.69 Å². The lowest BCUT2D eigenvalue weighted by Crippen LogP contribution is -2.13. The standard InChI is InChI=1S/C12H14N4O2/c1-2-18-12(17)7-16-8-15-6-11(16)9-5-14-4-3-10(9)13/h3-6,8H,2,7H2,1H3,(H2,13,14). The lowest BCUT2D eigenvalue weighted by atomic mass is 10.2. The Morgan fingerprint density at radius 1 is 1.44 bits per heavy atom. The second-order valence-corrected chi connectivity index (χ2v) is 3.67. The van der Waals surface area contributed by atoms with E-state index < -0.39 is 0 Å². The Hall–Kier alpha value is -2.37. The highest BCUT2D eigenvalue weighted by Gasteiger charge is 2.11. The SMILES string of the molecule is CCOC(=O)Cn1cncc1-c1cnccc1N. The van der Waals surface area contributed by atoms with Gasteiger partial charge in [-0.05, 0) is 13.0 Å². The predicted octanol–water partition coefficient (Wildman–Crippen LogP) is 1.09. The van der Waals surface area contributed by atoms with E-state index in [9.17, 15) is 4.79 Å². The van der Waals surface area contributed by atoms with Crippen LogP contribution < -0.4 is 5.73 Å². The molecule has 0 aliphatic carbocycles. The van der Waals surface area contributed by atoms with E-state index in [1.54, 1.807) is 42.5 Å². The van der Waals surface area contributed by atoms with Gasteiger partial charge >= 0.3 is 5.97 Å². The minimum Gasteiger partial charge on any atom is -0.465 e. The van der Waals surface area contributed by atoms with Gasteiger partial charge in [0.05, 0.1) is 24.8 Å². The summed E-state index contributed by atoms with van der Waals surface area (Å²) in [5.74, 6) is -0.306. The normalized spacial score (nSPS) is 10.3. The summed E-state index contributed by atoms with van der Waals surface area (Å²) in [5, 5.41) is 0. The highest BCUT2D eigenvalue weighted by atomic mass is 16.5. The molecule has 0 bridgehead atoms. The van der Waals surface area contributed by atoms with Crippen molar-refractivity contribution in [3.05, 3.63) is 31.0 Å². The Balaban J connectivity index is 2.28. The van der Waals surface area contributed by atoms with Gasteiger partial charge in [-0.1, -0.05) is 0 Å². The molecule has 2 aromatic heterocycles. The molecular formula is C12H14N4O2. The number of hydrogen-bond acceptors (Lipinski definition) is 5. The largest absolute Gasteiger partial charge is 0.465 e. The van der Waals surface area contributed by atoms with Gasteiger partial charge in [0.2, 0.25) is 0 Å². The third-order valence-electron chi connectivity index (χ3n) is 2.45. The Labute approximate surface area is 104 Å². The van der Waals surface area contributed by atoms with E-state index in [2.05, 4.69) is 9.97 Å². The van der Waals surface area contributed by atoms with Crippen molar-refractivity contribution < 1.29 is 9.53 Å². The van der Waals surface area contributed by atoms with E-state index in [4.69, 9.17) is 10.5 Å². The van der Waals surface area contributed by atoms with Crippen LogP contribution >= 0.6 is 0 Å². The van der Waals surface area contributed by atoms with Crippen LogP contribution in [0.5, 0.6) is 0 Å². The van der Waals surface area contributed by atoms with Crippen molar-refractivity contribution in [3.63, 3.8) is 0 Å². The molecule has 6 heteroatoms. The summed E-state index contributed by atoms with van der Waals surface area (Å²) in [4.78, 5) is 19.5. The van der Waals surface area contributed by atoms with Gasteiger partial charge in [-0.3, -0.25) is 9.78 Å². The van der Waals surface area contributed by atoms with E-state index in [1.807, 2.05) is 0 Å². The summed E-state index contributed by atoms with van der Waals surface area (Å²) in [6, 6.07) is 1.71. The zero-order valence-corrected chi connectivity index (χ0v) is 10.0. The number of pyridine rings is 1. The fourth-order valence-electron chi connectivity index (χ4n) is 1.64. The lowest BCUT2D eigenvalue weighted by molar-refractivity contribution is -0.143. The number of anilines is 1. The van der Waals surface area contributed by atoms with Crippen LogP contribution in [-0.2, 0) is 16.1 Å². The number of nitrogens with zero attached hydrogens (tertiary/aromatic N) is 3. The average molecular weight is 246 g/mol. The summed E-state index contributed by atoms with van der Waals surface area (Å²) in [7, 11) is 0. The van der Waals surface area contributed by atoms with Crippen molar-refractivity contribution in [2.24, 2.45) is 0 Å². The molecule has 0 saturated carbocycles. The van der Waals surface area contributed by atoms with Crippen LogP contribution in [0.25, 0.3) is 11.3 Å². The van der Waals surface area contributed by atoms with Gasteiger partial charge in [-0.2, -0.15) is 0 Å². The summed E-state index contributed by atoms with van der Waals surface area (Å²) in [6.45, 7) is 2.24. The lowest BCUT2D eigenvalue weighted by Gasteiger charge is -2.09. The average Bonchev–Trinajstić information content (AvgIpc) is 2.78. The van der Waals surface area contributed by atoms with Gasteiger partial charge in [0.1, 0.15) is 6.54 Å². The number of nitrogen functional groups attached to an aromatic ring is 1. The minimum atomic E-state index is -0.306. The van der Waals surface area contributed by atoms with E-state index >= 15 is 0 Å².